The van der Waals surface area contributed by atoms with Gasteiger partial charge in [-0.1, -0.05) is 12.1 Å². The first-order valence-electron chi connectivity index (χ1n) is 7.42. The number of nitrogens with zero attached hydrogens (tertiary/aromatic N) is 4. The molecule has 0 N–H and O–H groups in total. The zero-order chi connectivity index (χ0) is 14.8. The predicted molar refractivity (Wildman–Crippen MR) is 77.0 cm³/mol. The second kappa shape index (κ2) is 5.71. The standard InChI is InChI=1S/C15H20N4O2/c1-3-13-14(11(2)21-17-13)15(20)18-7-4-5-12(9-18)19-8-6-16-10-19/h6,8,10,12H,3-5,7,9H2,1-2H3/t12-/m1/s1. The van der Waals surface area contributed by atoms with E-state index in [1.165, 1.54) is 0 Å². The van der Waals surface area contributed by atoms with E-state index in [-0.39, 0.29) is 5.91 Å². The molecule has 3 heterocycles. The Labute approximate surface area is 123 Å². The largest absolute Gasteiger partial charge is 0.361 e. The molecular formula is C15H20N4O2. The molecular weight excluding hydrogens is 268 g/mol. The van der Waals surface area contributed by atoms with Gasteiger partial charge in [0.2, 0.25) is 0 Å². The molecule has 1 aliphatic rings. The van der Waals surface area contributed by atoms with E-state index in [0.29, 0.717) is 30.3 Å². The number of piperidine rings is 1. The third kappa shape index (κ3) is 2.57. The molecule has 6 heteroatoms. The second-order valence-electron chi connectivity index (χ2n) is 5.47. The average Bonchev–Trinajstić information content (AvgIpc) is 3.16. The van der Waals surface area contributed by atoms with Gasteiger partial charge in [0.15, 0.2) is 0 Å². The van der Waals surface area contributed by atoms with Crippen molar-refractivity contribution in [3.05, 3.63) is 35.7 Å². The zero-order valence-corrected chi connectivity index (χ0v) is 12.5. The van der Waals surface area contributed by atoms with Crippen LogP contribution in [0.2, 0.25) is 0 Å². The number of carbonyl (C=O) groups excluding carboxylic acids is 1. The molecule has 1 saturated heterocycles. The molecule has 0 saturated carbocycles. The minimum absolute atomic E-state index is 0.0374. The van der Waals surface area contributed by atoms with Gasteiger partial charge in [-0.05, 0) is 26.2 Å². The lowest BCUT2D eigenvalue weighted by Crippen LogP contribution is -2.41. The number of hydrogen-bond donors (Lipinski definition) is 0. The zero-order valence-electron chi connectivity index (χ0n) is 12.5. The van der Waals surface area contributed by atoms with Gasteiger partial charge < -0.3 is 14.0 Å². The first-order valence-corrected chi connectivity index (χ1v) is 7.42. The molecule has 2 aromatic heterocycles. The fourth-order valence-corrected chi connectivity index (χ4v) is 2.96. The van der Waals surface area contributed by atoms with Crippen molar-refractivity contribution in [2.75, 3.05) is 13.1 Å². The van der Waals surface area contributed by atoms with Crippen LogP contribution < -0.4 is 0 Å². The van der Waals surface area contributed by atoms with Crippen molar-refractivity contribution >= 4 is 5.91 Å². The Hall–Kier alpha value is -2.11. The van der Waals surface area contributed by atoms with Gasteiger partial charge in [0, 0.05) is 25.5 Å². The molecule has 0 radical (unpaired) electrons. The molecule has 0 bridgehead atoms. The fourth-order valence-electron chi connectivity index (χ4n) is 2.96. The SMILES string of the molecule is CCc1noc(C)c1C(=O)N1CCC[C@@H](n2ccnc2)C1. The Morgan fingerprint density at radius 1 is 1.52 bits per heavy atom. The number of amides is 1. The van der Waals surface area contributed by atoms with E-state index in [9.17, 15) is 4.79 Å². The first-order chi connectivity index (χ1) is 10.2. The molecule has 3 rings (SSSR count). The third-order valence-corrected chi connectivity index (χ3v) is 4.11. The normalized spacial score (nSPS) is 19.0. The van der Waals surface area contributed by atoms with E-state index in [4.69, 9.17) is 4.52 Å². The van der Waals surface area contributed by atoms with Crippen molar-refractivity contribution in [1.29, 1.82) is 0 Å². The summed E-state index contributed by atoms with van der Waals surface area (Å²) in [5.41, 5.74) is 1.39. The van der Waals surface area contributed by atoms with Crippen molar-refractivity contribution in [2.24, 2.45) is 0 Å². The monoisotopic (exact) mass is 288 g/mol. The van der Waals surface area contributed by atoms with Crippen molar-refractivity contribution in [3.63, 3.8) is 0 Å². The smallest absolute Gasteiger partial charge is 0.259 e. The highest BCUT2D eigenvalue weighted by molar-refractivity contribution is 5.96. The number of aryl methyl sites for hydroxylation is 2. The van der Waals surface area contributed by atoms with Crippen LogP contribution in [0.3, 0.4) is 0 Å². The second-order valence-corrected chi connectivity index (χ2v) is 5.47. The minimum Gasteiger partial charge on any atom is -0.361 e. The molecule has 0 aliphatic carbocycles. The van der Waals surface area contributed by atoms with Gasteiger partial charge in [0.25, 0.3) is 5.91 Å². The Balaban J connectivity index is 1.80. The van der Waals surface area contributed by atoms with Crippen LogP contribution in [0, 0.1) is 6.92 Å². The van der Waals surface area contributed by atoms with E-state index in [1.807, 2.05) is 24.3 Å². The summed E-state index contributed by atoms with van der Waals surface area (Å²) in [7, 11) is 0. The van der Waals surface area contributed by atoms with Crippen molar-refractivity contribution in [1.82, 2.24) is 19.6 Å². The quantitative estimate of drug-likeness (QED) is 0.868. The van der Waals surface area contributed by atoms with Crippen LogP contribution in [-0.4, -0.2) is 38.6 Å². The third-order valence-electron chi connectivity index (χ3n) is 4.11. The molecule has 0 spiro atoms. The number of imidazole rings is 1. The van der Waals surface area contributed by atoms with Crippen LogP contribution in [0.25, 0.3) is 0 Å². The Bertz CT molecular complexity index is 618. The molecule has 1 aliphatic heterocycles. The topological polar surface area (TPSA) is 64.2 Å². The molecule has 6 nitrogen and oxygen atoms in total. The molecule has 1 amide bonds. The summed E-state index contributed by atoms with van der Waals surface area (Å²) in [6, 6.07) is 0.301. The lowest BCUT2D eigenvalue weighted by atomic mass is 10.0. The number of aromatic nitrogens is 3. The Morgan fingerprint density at radius 3 is 3.10 bits per heavy atom. The number of carbonyl (C=O) groups is 1. The molecule has 21 heavy (non-hydrogen) atoms. The van der Waals surface area contributed by atoms with Crippen molar-refractivity contribution in [2.45, 2.75) is 39.2 Å². The molecule has 1 fully saturated rings. The maximum atomic E-state index is 12.8. The van der Waals surface area contributed by atoms with Gasteiger partial charge in [0.1, 0.15) is 11.3 Å². The van der Waals surface area contributed by atoms with E-state index in [1.54, 1.807) is 13.1 Å². The number of likely N-dealkylation sites (tertiary alicyclic amines) is 1. The first kappa shape index (κ1) is 13.9. The van der Waals surface area contributed by atoms with Crippen LogP contribution >= 0.6 is 0 Å². The predicted octanol–water partition coefficient (Wildman–Crippen LogP) is 2.22. The molecule has 0 unspecified atom stereocenters. The lowest BCUT2D eigenvalue weighted by Gasteiger charge is -2.33. The molecule has 2 aromatic rings. The summed E-state index contributed by atoms with van der Waals surface area (Å²) in [5, 5.41) is 3.98. The fraction of sp³-hybridized carbons (Fsp3) is 0.533. The van der Waals surface area contributed by atoms with Crippen LogP contribution in [0.5, 0.6) is 0 Å². The van der Waals surface area contributed by atoms with Gasteiger partial charge in [-0.2, -0.15) is 0 Å². The highest BCUT2D eigenvalue weighted by Crippen LogP contribution is 2.24. The number of rotatable bonds is 3. The highest BCUT2D eigenvalue weighted by atomic mass is 16.5. The Kier molecular flexibility index (Phi) is 3.77. The maximum absolute atomic E-state index is 12.8. The summed E-state index contributed by atoms with van der Waals surface area (Å²) in [6.45, 7) is 5.29. The average molecular weight is 288 g/mol. The van der Waals surface area contributed by atoms with Crippen LogP contribution in [0.1, 0.15) is 47.6 Å². The van der Waals surface area contributed by atoms with Gasteiger partial charge in [-0.3, -0.25) is 4.79 Å². The van der Waals surface area contributed by atoms with E-state index < -0.39 is 0 Å². The summed E-state index contributed by atoms with van der Waals surface area (Å²) in [6.07, 6.45) is 8.34. The molecule has 0 aromatic carbocycles. The summed E-state index contributed by atoms with van der Waals surface area (Å²) < 4.78 is 7.27. The van der Waals surface area contributed by atoms with E-state index in [2.05, 4.69) is 14.7 Å². The van der Waals surface area contributed by atoms with Crippen molar-refractivity contribution < 1.29 is 9.32 Å². The molecule has 112 valence electrons. The maximum Gasteiger partial charge on any atom is 0.259 e. The van der Waals surface area contributed by atoms with Gasteiger partial charge in [0.05, 0.1) is 18.1 Å². The summed E-state index contributed by atoms with van der Waals surface area (Å²) in [4.78, 5) is 18.8. The van der Waals surface area contributed by atoms with E-state index >= 15 is 0 Å². The van der Waals surface area contributed by atoms with Gasteiger partial charge >= 0.3 is 0 Å². The van der Waals surface area contributed by atoms with E-state index in [0.717, 1.165) is 25.1 Å². The minimum atomic E-state index is 0.0374. The highest BCUT2D eigenvalue weighted by Gasteiger charge is 2.29. The Morgan fingerprint density at radius 2 is 2.38 bits per heavy atom. The number of hydrogen-bond acceptors (Lipinski definition) is 4. The van der Waals surface area contributed by atoms with Crippen LogP contribution in [0.4, 0.5) is 0 Å². The molecule has 1 atom stereocenters. The summed E-state index contributed by atoms with van der Waals surface area (Å²) >= 11 is 0. The summed E-state index contributed by atoms with van der Waals surface area (Å²) in [5.74, 6) is 0.650. The van der Waals surface area contributed by atoms with Crippen LogP contribution in [-0.2, 0) is 6.42 Å². The van der Waals surface area contributed by atoms with Gasteiger partial charge in [-0.15, -0.1) is 0 Å². The van der Waals surface area contributed by atoms with Crippen molar-refractivity contribution in [3.8, 4) is 0 Å². The van der Waals surface area contributed by atoms with Gasteiger partial charge in [-0.25, -0.2) is 4.98 Å². The lowest BCUT2D eigenvalue weighted by molar-refractivity contribution is 0.0676. The van der Waals surface area contributed by atoms with Crippen LogP contribution in [0.15, 0.2) is 23.2 Å².